The summed E-state index contributed by atoms with van der Waals surface area (Å²) >= 11 is 13.8. The predicted octanol–water partition coefficient (Wildman–Crippen LogP) is 5.11. The Labute approximate surface area is 300 Å². The summed E-state index contributed by atoms with van der Waals surface area (Å²) in [5.41, 5.74) is 4.42. The van der Waals surface area contributed by atoms with Crippen molar-refractivity contribution < 1.29 is 24.2 Å². The van der Waals surface area contributed by atoms with Crippen molar-refractivity contribution in [3.63, 3.8) is 0 Å². The van der Waals surface area contributed by atoms with Crippen LogP contribution in [0.1, 0.15) is 47.3 Å². The average molecular weight is 721 g/mol. The number of carbonyl (C=O) groups is 2. The van der Waals surface area contributed by atoms with E-state index in [-0.39, 0.29) is 28.8 Å². The number of nitrogens with zero attached hydrogens (tertiary/aromatic N) is 4. The van der Waals surface area contributed by atoms with Crippen molar-refractivity contribution in [1.29, 1.82) is 0 Å². The second kappa shape index (κ2) is 16.1. The first-order valence-electron chi connectivity index (χ1n) is 16.5. The summed E-state index contributed by atoms with van der Waals surface area (Å²) in [4.78, 5) is 40.7. The maximum absolute atomic E-state index is 13.4. The van der Waals surface area contributed by atoms with Gasteiger partial charge in [0.25, 0.3) is 5.91 Å². The molecule has 2 amide bonds. The highest BCUT2D eigenvalue weighted by molar-refractivity contribution is 6.39. The Morgan fingerprint density at radius 1 is 1.02 bits per heavy atom. The third-order valence-electron chi connectivity index (χ3n) is 8.94. The Kier molecular flexibility index (Phi) is 11.5. The number of rotatable bonds is 12. The molecule has 2 aliphatic rings. The molecule has 1 aromatic carbocycles. The molecule has 12 nitrogen and oxygen atoms in total. The molecule has 262 valence electrons. The number of nitrogens with one attached hydrogen (secondary N) is 3. The fourth-order valence-corrected chi connectivity index (χ4v) is 6.76. The summed E-state index contributed by atoms with van der Waals surface area (Å²) in [5.74, 6) is 0.629. The van der Waals surface area contributed by atoms with E-state index in [2.05, 4.69) is 30.8 Å². The molecule has 1 atom stereocenters. The second-order valence-corrected chi connectivity index (χ2v) is 13.1. The minimum Gasteiger partial charge on any atom is -0.496 e. The quantitative estimate of drug-likeness (QED) is 0.156. The first kappa shape index (κ1) is 35.5. The van der Waals surface area contributed by atoms with Crippen LogP contribution in [0.3, 0.4) is 0 Å². The summed E-state index contributed by atoms with van der Waals surface area (Å²) in [7, 11) is 3.12. The van der Waals surface area contributed by atoms with Crippen molar-refractivity contribution in [2.75, 3.05) is 39.2 Å². The number of aliphatic hydroxyl groups is 1. The number of aliphatic hydroxyl groups excluding tert-OH is 1. The van der Waals surface area contributed by atoms with E-state index in [4.69, 9.17) is 37.7 Å². The van der Waals surface area contributed by atoms with Crippen molar-refractivity contribution in [2.45, 2.75) is 50.9 Å². The summed E-state index contributed by atoms with van der Waals surface area (Å²) in [6.07, 6.45) is 5.84. The van der Waals surface area contributed by atoms with E-state index in [1.54, 1.807) is 56.9 Å². The first-order chi connectivity index (χ1) is 24.2. The average Bonchev–Trinajstić information content (AvgIpc) is 3.55. The maximum Gasteiger partial charge on any atom is 0.274 e. The van der Waals surface area contributed by atoms with Gasteiger partial charge in [-0.1, -0.05) is 41.4 Å². The van der Waals surface area contributed by atoms with E-state index in [0.717, 1.165) is 43.5 Å². The predicted molar refractivity (Wildman–Crippen MR) is 192 cm³/mol. The first-order valence-corrected chi connectivity index (χ1v) is 17.2. The number of benzene rings is 1. The highest BCUT2D eigenvalue weighted by atomic mass is 35.5. The van der Waals surface area contributed by atoms with Crippen LogP contribution in [-0.2, 0) is 17.9 Å². The van der Waals surface area contributed by atoms with Gasteiger partial charge in [0.1, 0.15) is 11.4 Å². The molecular weight excluding hydrogens is 681 g/mol. The third kappa shape index (κ3) is 8.17. The lowest BCUT2D eigenvalue weighted by Gasteiger charge is -2.29. The van der Waals surface area contributed by atoms with Crippen LogP contribution in [0.15, 0.2) is 54.9 Å². The van der Waals surface area contributed by atoms with E-state index < -0.39 is 5.91 Å². The van der Waals surface area contributed by atoms with Crippen LogP contribution in [0.2, 0.25) is 10.0 Å². The van der Waals surface area contributed by atoms with Crippen LogP contribution >= 0.6 is 23.2 Å². The van der Waals surface area contributed by atoms with Gasteiger partial charge in [-0.2, -0.15) is 0 Å². The standard InChI is InChI=1S/C36H39Cl2N7O5/c1-49-30-16-29(41-18-22(30)20-45-14-11-24(46)12-15-45)35(48)43-28-5-3-4-26(32(28)37)34-33(38)25(10-13-40-34)27-8-6-21(36(44-27)50-2)17-39-19-23-7-9-31(47)42-23/h3-6,8,10,13,16,18,23-24,39,46H,7,9,11-12,14-15,17,19-20H2,1-2H3,(H,42,47)(H,43,48)/t23-/m0/s1. The van der Waals surface area contributed by atoms with Gasteiger partial charge in [0, 0.05) is 85.9 Å². The molecule has 4 aromatic rings. The number of halogens is 2. The zero-order valence-electron chi connectivity index (χ0n) is 27.8. The molecule has 0 saturated carbocycles. The van der Waals surface area contributed by atoms with E-state index in [0.29, 0.717) is 70.9 Å². The molecule has 0 spiro atoms. The summed E-state index contributed by atoms with van der Waals surface area (Å²) < 4.78 is 11.2. The molecule has 3 aromatic heterocycles. The van der Waals surface area contributed by atoms with Crippen molar-refractivity contribution in [3.05, 3.63) is 81.7 Å². The lowest BCUT2D eigenvalue weighted by Crippen LogP contribution is -2.35. The van der Waals surface area contributed by atoms with Gasteiger partial charge in [-0.3, -0.25) is 24.5 Å². The van der Waals surface area contributed by atoms with Crippen molar-refractivity contribution in [3.8, 4) is 34.1 Å². The largest absolute Gasteiger partial charge is 0.496 e. The van der Waals surface area contributed by atoms with Gasteiger partial charge in [0.15, 0.2) is 0 Å². The highest BCUT2D eigenvalue weighted by Crippen LogP contribution is 2.40. The third-order valence-corrected chi connectivity index (χ3v) is 9.73. The Hall–Kier alpha value is -4.33. The minimum absolute atomic E-state index is 0.0818. The highest BCUT2D eigenvalue weighted by Gasteiger charge is 2.23. The van der Waals surface area contributed by atoms with Gasteiger partial charge in [-0.15, -0.1) is 0 Å². The smallest absolute Gasteiger partial charge is 0.274 e. The number of anilines is 1. The SMILES string of the molecule is COc1cc(C(=O)Nc2cccc(-c3nccc(-c4ccc(CNC[C@@H]5CCC(=O)N5)c(OC)n4)c3Cl)c2Cl)ncc1CN1CCC(O)CC1. The molecule has 2 fully saturated rings. The maximum atomic E-state index is 13.4. The van der Waals surface area contributed by atoms with Gasteiger partial charge in [0.2, 0.25) is 11.8 Å². The number of hydrogen-bond acceptors (Lipinski definition) is 10. The molecule has 0 bridgehead atoms. The van der Waals surface area contributed by atoms with Gasteiger partial charge >= 0.3 is 0 Å². The van der Waals surface area contributed by atoms with Crippen molar-refractivity contribution >= 4 is 40.7 Å². The zero-order chi connectivity index (χ0) is 35.2. The number of hydrogen-bond donors (Lipinski definition) is 4. The lowest BCUT2D eigenvalue weighted by molar-refractivity contribution is -0.119. The van der Waals surface area contributed by atoms with Gasteiger partial charge < -0.3 is 30.5 Å². The fourth-order valence-electron chi connectivity index (χ4n) is 6.19. The Morgan fingerprint density at radius 2 is 1.84 bits per heavy atom. The number of ether oxygens (including phenoxy) is 2. The van der Waals surface area contributed by atoms with Crippen LogP contribution in [0.5, 0.6) is 11.6 Å². The number of likely N-dealkylation sites (tertiary alicyclic amines) is 1. The van der Waals surface area contributed by atoms with Gasteiger partial charge in [-0.25, -0.2) is 4.98 Å². The molecule has 50 heavy (non-hydrogen) atoms. The Bertz CT molecular complexity index is 1870. The lowest BCUT2D eigenvalue weighted by atomic mass is 10.1. The molecular formula is C36H39Cl2N7O5. The molecule has 4 N–H and O–H groups in total. The zero-order valence-corrected chi connectivity index (χ0v) is 29.4. The molecule has 6 rings (SSSR count). The van der Waals surface area contributed by atoms with Gasteiger partial charge in [0.05, 0.1) is 47.4 Å². The van der Waals surface area contributed by atoms with E-state index in [1.165, 1.54) is 0 Å². The monoisotopic (exact) mass is 719 g/mol. The number of amides is 2. The molecule has 0 aliphatic carbocycles. The van der Waals surface area contributed by atoms with Crippen molar-refractivity contribution in [2.24, 2.45) is 0 Å². The number of aromatic nitrogens is 3. The molecule has 2 saturated heterocycles. The van der Waals surface area contributed by atoms with Crippen LogP contribution < -0.4 is 25.4 Å². The van der Waals surface area contributed by atoms with Crippen molar-refractivity contribution in [1.82, 2.24) is 30.5 Å². The summed E-state index contributed by atoms with van der Waals surface area (Å²) in [6, 6.07) is 12.5. The molecule has 2 aliphatic heterocycles. The topological polar surface area (TPSA) is 151 Å². The van der Waals surface area contributed by atoms with Gasteiger partial charge in [-0.05, 0) is 37.5 Å². The summed E-state index contributed by atoms with van der Waals surface area (Å²) in [5, 5.41) is 19.6. The Morgan fingerprint density at radius 3 is 2.58 bits per heavy atom. The molecule has 0 radical (unpaired) electrons. The minimum atomic E-state index is -0.457. The fraction of sp³-hybridized carbons (Fsp3) is 0.361. The van der Waals surface area contributed by atoms with Crippen LogP contribution in [-0.4, -0.2) is 82.8 Å². The van der Waals surface area contributed by atoms with E-state index >= 15 is 0 Å². The number of pyridine rings is 3. The summed E-state index contributed by atoms with van der Waals surface area (Å²) in [6.45, 7) is 3.34. The number of methoxy groups -OCH3 is 2. The normalized spacial score (nSPS) is 16.7. The molecule has 0 unspecified atom stereocenters. The second-order valence-electron chi connectivity index (χ2n) is 12.3. The number of piperidine rings is 1. The molecule has 14 heteroatoms. The Balaban J connectivity index is 1.17. The van der Waals surface area contributed by atoms with E-state index in [9.17, 15) is 14.7 Å². The molecule has 5 heterocycles. The van der Waals surface area contributed by atoms with E-state index in [1.807, 2.05) is 12.1 Å². The van der Waals surface area contributed by atoms with Crippen LogP contribution in [0.4, 0.5) is 5.69 Å². The van der Waals surface area contributed by atoms with Crippen LogP contribution in [0, 0.1) is 0 Å². The van der Waals surface area contributed by atoms with Crippen LogP contribution in [0.25, 0.3) is 22.5 Å². The number of carbonyl (C=O) groups excluding carboxylic acids is 2.